The van der Waals surface area contributed by atoms with Gasteiger partial charge in [-0.2, -0.15) is 5.10 Å². The van der Waals surface area contributed by atoms with Gasteiger partial charge in [-0.3, -0.25) is 9.89 Å². The Hall–Kier alpha value is -1.95. The summed E-state index contributed by atoms with van der Waals surface area (Å²) >= 11 is 0. The number of hydrogen-bond acceptors (Lipinski definition) is 4. The molecule has 120 valence electrons. The summed E-state index contributed by atoms with van der Waals surface area (Å²) in [4.78, 5) is 16.6. The summed E-state index contributed by atoms with van der Waals surface area (Å²) < 4.78 is 0. The van der Waals surface area contributed by atoms with Gasteiger partial charge in [0.2, 0.25) is 0 Å². The first-order chi connectivity index (χ1) is 10.5. The number of aliphatic hydroxyl groups is 1. The molecule has 2 heterocycles. The minimum atomic E-state index is -0.140. The highest BCUT2D eigenvalue weighted by atomic mass is 16.3. The quantitative estimate of drug-likeness (QED) is 0.731. The average molecular weight is 304 g/mol. The van der Waals surface area contributed by atoms with E-state index in [2.05, 4.69) is 34.3 Å². The molecule has 0 aliphatic carbocycles. The van der Waals surface area contributed by atoms with Crippen molar-refractivity contribution in [2.24, 2.45) is 5.41 Å². The number of aryl methyl sites for hydroxylation is 1. The lowest BCUT2D eigenvalue weighted by molar-refractivity contribution is 0.0907. The molecule has 0 fully saturated rings. The van der Waals surface area contributed by atoms with Gasteiger partial charge in [-0.15, -0.1) is 0 Å². The van der Waals surface area contributed by atoms with Gasteiger partial charge in [0.1, 0.15) is 0 Å². The van der Waals surface area contributed by atoms with Crippen molar-refractivity contribution in [3.05, 3.63) is 23.5 Å². The molecule has 0 spiro atoms. The average Bonchev–Trinajstić information content (AvgIpc) is 2.92. The fourth-order valence-electron chi connectivity index (χ4n) is 2.69. The Labute approximate surface area is 130 Å². The van der Waals surface area contributed by atoms with E-state index in [9.17, 15) is 9.90 Å². The third-order valence-electron chi connectivity index (χ3n) is 4.63. The number of carbonyl (C=O) groups is 1. The van der Waals surface area contributed by atoms with Crippen molar-refractivity contribution in [1.29, 1.82) is 0 Å². The van der Waals surface area contributed by atoms with E-state index in [0.717, 1.165) is 23.9 Å². The highest BCUT2D eigenvalue weighted by Gasteiger charge is 2.26. The summed E-state index contributed by atoms with van der Waals surface area (Å²) in [5.74, 6) is -0.140. The van der Waals surface area contributed by atoms with E-state index in [1.807, 2.05) is 13.0 Å². The summed E-state index contributed by atoms with van der Waals surface area (Å²) in [6, 6.07) is 1.81. The van der Waals surface area contributed by atoms with Crippen LogP contribution in [0.5, 0.6) is 0 Å². The molecule has 0 aliphatic heterocycles. The Balaban J connectivity index is 2.11. The molecule has 2 aromatic rings. The normalized spacial score (nSPS) is 11.8. The minimum Gasteiger partial charge on any atom is -0.396 e. The second-order valence-corrected chi connectivity index (χ2v) is 5.81. The van der Waals surface area contributed by atoms with Crippen LogP contribution in [0.3, 0.4) is 0 Å². The Morgan fingerprint density at radius 1 is 1.41 bits per heavy atom. The number of aliphatic hydroxyl groups excluding tert-OH is 1. The zero-order valence-electron chi connectivity index (χ0n) is 13.4. The highest BCUT2D eigenvalue weighted by molar-refractivity contribution is 5.97. The second kappa shape index (κ2) is 6.87. The van der Waals surface area contributed by atoms with Crippen LogP contribution in [-0.4, -0.2) is 39.3 Å². The number of aromatic amines is 1. The second-order valence-electron chi connectivity index (χ2n) is 5.81. The molecule has 6 heteroatoms. The van der Waals surface area contributed by atoms with E-state index in [0.29, 0.717) is 24.2 Å². The zero-order valence-corrected chi connectivity index (χ0v) is 13.4. The SMILES string of the molecule is CCC(CC)(CCO)CNC(=O)c1cnc2n[nH]c(C)c2c1. The fourth-order valence-corrected chi connectivity index (χ4v) is 2.69. The first-order valence-electron chi connectivity index (χ1n) is 7.75. The maximum atomic E-state index is 12.4. The summed E-state index contributed by atoms with van der Waals surface area (Å²) in [6.45, 7) is 6.78. The van der Waals surface area contributed by atoms with Gasteiger partial charge < -0.3 is 10.4 Å². The molecule has 0 saturated heterocycles. The molecule has 0 saturated carbocycles. The van der Waals surface area contributed by atoms with Crippen LogP contribution in [0.25, 0.3) is 11.0 Å². The van der Waals surface area contributed by atoms with E-state index in [1.165, 1.54) is 0 Å². The molecule has 0 unspecified atom stereocenters. The molecule has 0 radical (unpaired) electrons. The van der Waals surface area contributed by atoms with Crippen molar-refractivity contribution in [2.45, 2.75) is 40.0 Å². The van der Waals surface area contributed by atoms with Crippen molar-refractivity contribution >= 4 is 16.9 Å². The van der Waals surface area contributed by atoms with Crippen molar-refractivity contribution in [3.8, 4) is 0 Å². The van der Waals surface area contributed by atoms with Gasteiger partial charge in [0.05, 0.1) is 5.56 Å². The molecule has 0 aliphatic rings. The maximum Gasteiger partial charge on any atom is 0.252 e. The van der Waals surface area contributed by atoms with Crippen molar-refractivity contribution < 1.29 is 9.90 Å². The van der Waals surface area contributed by atoms with Crippen LogP contribution in [0.15, 0.2) is 12.3 Å². The number of aromatic nitrogens is 3. The fraction of sp³-hybridized carbons (Fsp3) is 0.562. The molecular weight excluding hydrogens is 280 g/mol. The largest absolute Gasteiger partial charge is 0.396 e. The third-order valence-corrected chi connectivity index (χ3v) is 4.63. The smallest absolute Gasteiger partial charge is 0.252 e. The number of nitrogens with one attached hydrogen (secondary N) is 2. The van der Waals surface area contributed by atoms with E-state index < -0.39 is 0 Å². The Morgan fingerprint density at radius 2 is 2.14 bits per heavy atom. The molecule has 0 atom stereocenters. The molecule has 2 rings (SSSR count). The predicted octanol–water partition coefficient (Wildman–Crippen LogP) is 2.18. The molecule has 6 nitrogen and oxygen atoms in total. The van der Waals surface area contributed by atoms with Crippen LogP contribution in [0.1, 0.15) is 49.2 Å². The molecule has 3 N–H and O–H groups in total. The summed E-state index contributed by atoms with van der Waals surface area (Å²) in [5, 5.41) is 20.0. The van der Waals surface area contributed by atoms with Gasteiger partial charge in [0.25, 0.3) is 5.91 Å². The Morgan fingerprint density at radius 3 is 2.77 bits per heavy atom. The van der Waals surface area contributed by atoms with Crippen molar-refractivity contribution in [3.63, 3.8) is 0 Å². The summed E-state index contributed by atoms with van der Waals surface area (Å²) in [6.07, 6.45) is 4.08. The topological polar surface area (TPSA) is 90.9 Å². The highest BCUT2D eigenvalue weighted by Crippen LogP contribution is 2.29. The van der Waals surface area contributed by atoms with E-state index in [1.54, 1.807) is 6.20 Å². The molecule has 1 amide bonds. The van der Waals surface area contributed by atoms with E-state index >= 15 is 0 Å². The number of amides is 1. The molecule has 0 bridgehead atoms. The number of nitrogens with zero attached hydrogens (tertiary/aromatic N) is 2. The molecule has 2 aromatic heterocycles. The predicted molar refractivity (Wildman–Crippen MR) is 85.7 cm³/mol. The van der Waals surface area contributed by atoms with E-state index in [-0.39, 0.29) is 17.9 Å². The summed E-state index contributed by atoms with van der Waals surface area (Å²) in [7, 11) is 0. The molecule has 0 aromatic carbocycles. The lowest BCUT2D eigenvalue weighted by Crippen LogP contribution is -2.37. The summed E-state index contributed by atoms with van der Waals surface area (Å²) in [5.41, 5.74) is 2.00. The number of rotatable bonds is 7. The van der Waals surface area contributed by atoms with Crippen molar-refractivity contribution in [1.82, 2.24) is 20.5 Å². The lowest BCUT2D eigenvalue weighted by atomic mass is 9.79. The minimum absolute atomic E-state index is 0.0481. The van der Waals surface area contributed by atoms with Crippen LogP contribution in [0, 0.1) is 12.3 Å². The van der Waals surface area contributed by atoms with Crippen molar-refractivity contribution in [2.75, 3.05) is 13.2 Å². The third kappa shape index (κ3) is 3.27. The lowest BCUT2D eigenvalue weighted by Gasteiger charge is -2.31. The van der Waals surface area contributed by atoms with Gasteiger partial charge in [0.15, 0.2) is 5.65 Å². The standard InChI is InChI=1S/C16H24N4O2/c1-4-16(5-2,6-7-21)10-18-15(22)12-8-13-11(3)19-20-14(13)17-9-12/h8-9,21H,4-7,10H2,1-3H3,(H,18,22)(H,17,19,20). The number of carbonyl (C=O) groups excluding carboxylic acids is 1. The molecule has 22 heavy (non-hydrogen) atoms. The van der Waals surface area contributed by atoms with Gasteiger partial charge in [-0.05, 0) is 37.7 Å². The first kappa shape index (κ1) is 16.4. The molecular formula is C16H24N4O2. The monoisotopic (exact) mass is 304 g/mol. The Bertz CT molecular complexity index is 647. The maximum absolute atomic E-state index is 12.4. The van der Waals surface area contributed by atoms with Gasteiger partial charge in [-0.1, -0.05) is 13.8 Å². The number of pyridine rings is 1. The van der Waals surface area contributed by atoms with Crippen LogP contribution >= 0.6 is 0 Å². The van der Waals surface area contributed by atoms with Gasteiger partial charge >= 0.3 is 0 Å². The van der Waals surface area contributed by atoms with E-state index in [4.69, 9.17) is 0 Å². The zero-order chi connectivity index (χ0) is 16.2. The number of hydrogen-bond donors (Lipinski definition) is 3. The van der Waals surface area contributed by atoms with Crippen LogP contribution < -0.4 is 5.32 Å². The van der Waals surface area contributed by atoms with Gasteiger partial charge in [-0.25, -0.2) is 4.98 Å². The van der Waals surface area contributed by atoms with Crippen LogP contribution in [0.4, 0.5) is 0 Å². The van der Waals surface area contributed by atoms with Gasteiger partial charge in [0, 0.05) is 30.4 Å². The number of fused-ring (bicyclic) bond motifs is 1. The Kier molecular flexibility index (Phi) is 5.13. The first-order valence-corrected chi connectivity index (χ1v) is 7.75. The number of H-pyrrole nitrogens is 1. The van der Waals surface area contributed by atoms with Crippen LogP contribution in [-0.2, 0) is 0 Å². The van der Waals surface area contributed by atoms with Crippen LogP contribution in [0.2, 0.25) is 0 Å².